The lowest BCUT2D eigenvalue weighted by atomic mass is 10.2. The maximum Gasteiger partial charge on any atom is 0.234 e. The van der Waals surface area contributed by atoms with Crippen molar-refractivity contribution in [2.24, 2.45) is 0 Å². The minimum atomic E-state index is -0.165. The van der Waals surface area contributed by atoms with Gasteiger partial charge in [0.05, 0.1) is 30.3 Å². The Balaban J connectivity index is 1.29. The minimum absolute atomic E-state index is 0.155. The highest BCUT2D eigenvalue weighted by molar-refractivity contribution is 7.99. The molecule has 3 heterocycles. The Morgan fingerprint density at radius 3 is 2.90 bits per heavy atom. The van der Waals surface area contributed by atoms with E-state index in [1.807, 2.05) is 36.4 Å². The van der Waals surface area contributed by atoms with Gasteiger partial charge in [0.2, 0.25) is 11.1 Å². The van der Waals surface area contributed by atoms with Gasteiger partial charge in [0, 0.05) is 29.0 Å². The largest absolute Gasteiger partial charge is 0.378 e. The van der Waals surface area contributed by atoms with Crippen LogP contribution in [-0.4, -0.2) is 58.1 Å². The number of hydrogen-bond acceptors (Lipinski definition) is 7. The molecule has 8 nitrogen and oxygen atoms in total. The maximum absolute atomic E-state index is 12.6. The van der Waals surface area contributed by atoms with Crippen molar-refractivity contribution in [3.05, 3.63) is 47.5 Å². The first-order chi connectivity index (χ1) is 15.2. The Bertz CT molecular complexity index is 1260. The Kier molecular flexibility index (Phi) is 5.63. The molecule has 1 amide bonds. The number of aromatic amines is 1. The number of carbonyl (C=O) groups excluding carboxylic acids is 1. The Morgan fingerprint density at radius 2 is 2.03 bits per heavy atom. The minimum Gasteiger partial charge on any atom is -0.378 e. The summed E-state index contributed by atoms with van der Waals surface area (Å²) in [6.45, 7) is 2.85. The average molecular weight is 455 g/mol. The molecule has 31 heavy (non-hydrogen) atoms. The number of benzene rings is 2. The van der Waals surface area contributed by atoms with E-state index < -0.39 is 0 Å². The first kappa shape index (κ1) is 20.0. The van der Waals surface area contributed by atoms with Gasteiger partial charge in [0.15, 0.2) is 5.65 Å². The van der Waals surface area contributed by atoms with Gasteiger partial charge < -0.3 is 19.9 Å². The van der Waals surface area contributed by atoms with Crippen molar-refractivity contribution in [3.8, 4) is 0 Å². The average Bonchev–Trinajstić information content (AvgIpc) is 3.16. The number of hydrogen-bond donors (Lipinski definition) is 2. The third-order valence-electron chi connectivity index (χ3n) is 5.02. The van der Waals surface area contributed by atoms with Crippen molar-refractivity contribution in [1.29, 1.82) is 0 Å². The fraction of sp³-hybridized carbons (Fsp3) is 0.238. The zero-order valence-corrected chi connectivity index (χ0v) is 18.0. The molecule has 0 aliphatic carbocycles. The van der Waals surface area contributed by atoms with Crippen molar-refractivity contribution >= 4 is 62.7 Å². The second-order valence-corrected chi connectivity index (χ2v) is 8.44. The number of ether oxygens (including phenoxy) is 1. The van der Waals surface area contributed by atoms with Crippen molar-refractivity contribution in [2.45, 2.75) is 5.16 Å². The second-order valence-electron chi connectivity index (χ2n) is 7.06. The predicted molar refractivity (Wildman–Crippen MR) is 123 cm³/mol. The molecule has 1 saturated heterocycles. The lowest BCUT2D eigenvalue weighted by Crippen LogP contribution is -2.36. The number of carbonyl (C=O) groups is 1. The number of thioether (sulfide) groups is 1. The molecule has 158 valence electrons. The van der Waals surface area contributed by atoms with E-state index in [4.69, 9.17) is 16.3 Å². The molecule has 0 saturated carbocycles. The summed E-state index contributed by atoms with van der Waals surface area (Å²) in [4.78, 5) is 22.6. The molecule has 1 fully saturated rings. The molecule has 2 N–H and O–H groups in total. The number of morpholine rings is 1. The lowest BCUT2D eigenvalue weighted by Gasteiger charge is -2.30. The number of amides is 1. The van der Waals surface area contributed by atoms with Crippen LogP contribution in [0.4, 0.5) is 11.4 Å². The number of para-hydroxylation sites is 1. The van der Waals surface area contributed by atoms with Gasteiger partial charge in [-0.25, -0.2) is 4.98 Å². The fourth-order valence-electron chi connectivity index (χ4n) is 3.57. The van der Waals surface area contributed by atoms with Gasteiger partial charge in [-0.2, -0.15) is 0 Å². The molecule has 4 aromatic rings. The van der Waals surface area contributed by atoms with E-state index in [0.29, 0.717) is 34.7 Å². The van der Waals surface area contributed by atoms with Gasteiger partial charge in [0.25, 0.3) is 0 Å². The zero-order chi connectivity index (χ0) is 21.2. The number of H-pyrrole nitrogens is 1. The van der Waals surface area contributed by atoms with Crippen LogP contribution < -0.4 is 10.2 Å². The predicted octanol–water partition coefficient (Wildman–Crippen LogP) is 3.73. The first-order valence-electron chi connectivity index (χ1n) is 9.83. The molecule has 5 rings (SSSR count). The van der Waals surface area contributed by atoms with Crippen LogP contribution in [0, 0.1) is 0 Å². The summed E-state index contributed by atoms with van der Waals surface area (Å²) in [5.41, 5.74) is 3.95. The number of nitrogens with zero attached hydrogens (tertiary/aromatic N) is 4. The van der Waals surface area contributed by atoms with Crippen molar-refractivity contribution in [2.75, 3.05) is 42.3 Å². The Hall–Kier alpha value is -2.88. The van der Waals surface area contributed by atoms with Crippen LogP contribution in [0.3, 0.4) is 0 Å². The molecule has 2 aromatic carbocycles. The smallest absolute Gasteiger partial charge is 0.234 e. The fourth-order valence-corrected chi connectivity index (χ4v) is 4.33. The molecular weight excluding hydrogens is 436 g/mol. The molecule has 1 aliphatic rings. The topological polar surface area (TPSA) is 96.0 Å². The van der Waals surface area contributed by atoms with E-state index in [9.17, 15) is 4.79 Å². The van der Waals surface area contributed by atoms with Crippen molar-refractivity contribution in [1.82, 2.24) is 20.2 Å². The summed E-state index contributed by atoms with van der Waals surface area (Å²) in [6, 6.07) is 13.4. The van der Waals surface area contributed by atoms with E-state index in [-0.39, 0.29) is 11.7 Å². The zero-order valence-electron chi connectivity index (χ0n) is 16.5. The van der Waals surface area contributed by atoms with Crippen LogP contribution in [0.5, 0.6) is 0 Å². The monoisotopic (exact) mass is 454 g/mol. The highest BCUT2D eigenvalue weighted by Crippen LogP contribution is 2.30. The number of halogens is 1. The Morgan fingerprint density at radius 1 is 1.19 bits per heavy atom. The van der Waals surface area contributed by atoms with Crippen LogP contribution in [0.1, 0.15) is 0 Å². The maximum atomic E-state index is 12.6. The summed E-state index contributed by atoms with van der Waals surface area (Å²) in [7, 11) is 0. The third-order valence-corrected chi connectivity index (χ3v) is 6.09. The molecular formula is C21H19ClN6O2S. The molecule has 2 aromatic heterocycles. The first-order valence-corrected chi connectivity index (χ1v) is 11.2. The standard InChI is InChI=1S/C21H19ClN6O2S/c22-13-5-6-17(28-7-9-30-10-8-28)16(11-13)23-18(29)12-31-21-25-20-19(26-27-21)14-3-1-2-4-15(14)24-20/h1-6,11H,7-10,12H2,(H,23,29)(H,24,25,27). The van der Waals surface area contributed by atoms with Gasteiger partial charge in [-0.3, -0.25) is 4.79 Å². The van der Waals surface area contributed by atoms with Gasteiger partial charge in [-0.05, 0) is 24.3 Å². The summed E-state index contributed by atoms with van der Waals surface area (Å²) in [5.74, 6) is -0.00947. The second kappa shape index (κ2) is 8.70. The van der Waals surface area contributed by atoms with Crippen molar-refractivity contribution < 1.29 is 9.53 Å². The highest BCUT2D eigenvalue weighted by Gasteiger charge is 2.17. The quantitative estimate of drug-likeness (QED) is 0.443. The third kappa shape index (κ3) is 4.30. The normalized spacial score (nSPS) is 14.3. The number of fused-ring (bicyclic) bond motifs is 3. The summed E-state index contributed by atoms with van der Waals surface area (Å²) in [5, 5.41) is 13.4. The summed E-state index contributed by atoms with van der Waals surface area (Å²) in [6.07, 6.45) is 0. The van der Waals surface area contributed by atoms with Crippen LogP contribution in [0.2, 0.25) is 5.02 Å². The number of rotatable bonds is 5. The van der Waals surface area contributed by atoms with Crippen LogP contribution in [0.15, 0.2) is 47.6 Å². The summed E-state index contributed by atoms with van der Waals surface area (Å²) < 4.78 is 5.42. The molecule has 0 radical (unpaired) electrons. The Labute approximate surface area is 187 Å². The van der Waals surface area contributed by atoms with E-state index in [1.54, 1.807) is 6.07 Å². The SMILES string of the molecule is O=C(CSc1nnc2c(n1)[nH]c1ccccc12)Nc1cc(Cl)ccc1N1CCOCC1. The van der Waals surface area contributed by atoms with Gasteiger partial charge in [-0.1, -0.05) is 41.6 Å². The molecule has 0 unspecified atom stereocenters. The van der Waals surface area contributed by atoms with E-state index in [1.165, 1.54) is 11.8 Å². The van der Waals surface area contributed by atoms with Gasteiger partial charge in [-0.15, -0.1) is 10.2 Å². The van der Waals surface area contributed by atoms with E-state index in [0.717, 1.165) is 35.2 Å². The number of nitrogens with one attached hydrogen (secondary N) is 2. The molecule has 1 aliphatic heterocycles. The lowest BCUT2D eigenvalue weighted by molar-refractivity contribution is -0.113. The molecule has 0 atom stereocenters. The molecule has 0 bridgehead atoms. The van der Waals surface area contributed by atoms with Crippen LogP contribution in [-0.2, 0) is 9.53 Å². The highest BCUT2D eigenvalue weighted by atomic mass is 35.5. The van der Waals surface area contributed by atoms with E-state index in [2.05, 4.69) is 30.4 Å². The number of aromatic nitrogens is 4. The molecule has 0 spiro atoms. The summed E-state index contributed by atoms with van der Waals surface area (Å²) >= 11 is 7.40. The van der Waals surface area contributed by atoms with Gasteiger partial charge in [0.1, 0.15) is 5.52 Å². The van der Waals surface area contributed by atoms with Crippen molar-refractivity contribution in [3.63, 3.8) is 0 Å². The van der Waals surface area contributed by atoms with Crippen LogP contribution >= 0.6 is 23.4 Å². The van der Waals surface area contributed by atoms with Gasteiger partial charge >= 0.3 is 0 Å². The number of anilines is 2. The van der Waals surface area contributed by atoms with E-state index >= 15 is 0 Å². The van der Waals surface area contributed by atoms with Crippen LogP contribution in [0.25, 0.3) is 22.1 Å². The molecule has 10 heteroatoms.